The standard InChI is InChI=1S/C16H25FN2O2/c1-2-18-12-15(7-4-13(18)20)8-10-19(11-9-15)14(21)16(17)5-3-6-16/h2-12H2,1H3. The molecular formula is C16H25FN2O2. The molecule has 0 aromatic rings. The summed E-state index contributed by atoms with van der Waals surface area (Å²) in [5, 5.41) is 0. The second-order valence-electron chi connectivity index (χ2n) is 7.02. The van der Waals surface area contributed by atoms with Crippen LogP contribution in [0.1, 0.15) is 51.9 Å². The van der Waals surface area contributed by atoms with E-state index in [4.69, 9.17) is 0 Å². The third-order valence-electron chi connectivity index (χ3n) is 5.77. The van der Waals surface area contributed by atoms with Crippen LogP contribution >= 0.6 is 0 Å². The summed E-state index contributed by atoms with van der Waals surface area (Å²) in [6.07, 6.45) is 4.96. The first kappa shape index (κ1) is 14.8. The Labute approximate surface area is 125 Å². The summed E-state index contributed by atoms with van der Waals surface area (Å²) in [7, 11) is 0. The summed E-state index contributed by atoms with van der Waals surface area (Å²) >= 11 is 0. The number of halogens is 1. The number of rotatable bonds is 2. The van der Waals surface area contributed by atoms with Crippen molar-refractivity contribution in [1.82, 2.24) is 9.80 Å². The van der Waals surface area contributed by atoms with Crippen LogP contribution < -0.4 is 0 Å². The third-order valence-corrected chi connectivity index (χ3v) is 5.77. The van der Waals surface area contributed by atoms with Crippen molar-refractivity contribution in [3.05, 3.63) is 0 Å². The van der Waals surface area contributed by atoms with Crippen molar-refractivity contribution in [2.24, 2.45) is 5.41 Å². The summed E-state index contributed by atoms with van der Waals surface area (Å²) < 4.78 is 14.2. The van der Waals surface area contributed by atoms with Gasteiger partial charge in [0.15, 0.2) is 5.67 Å². The van der Waals surface area contributed by atoms with Gasteiger partial charge in [0, 0.05) is 32.6 Å². The fourth-order valence-electron chi connectivity index (χ4n) is 3.97. The minimum atomic E-state index is -1.57. The van der Waals surface area contributed by atoms with Gasteiger partial charge in [0.1, 0.15) is 0 Å². The molecule has 0 aromatic carbocycles. The highest BCUT2D eigenvalue weighted by Gasteiger charge is 2.49. The minimum absolute atomic E-state index is 0.157. The zero-order valence-electron chi connectivity index (χ0n) is 12.9. The van der Waals surface area contributed by atoms with Crippen molar-refractivity contribution in [1.29, 1.82) is 0 Å². The van der Waals surface area contributed by atoms with Crippen LogP contribution in [0, 0.1) is 5.41 Å². The van der Waals surface area contributed by atoms with E-state index in [1.165, 1.54) is 0 Å². The van der Waals surface area contributed by atoms with Crippen molar-refractivity contribution >= 4 is 11.8 Å². The van der Waals surface area contributed by atoms with Crippen LogP contribution in [0.5, 0.6) is 0 Å². The highest BCUT2D eigenvalue weighted by atomic mass is 19.1. The van der Waals surface area contributed by atoms with Crippen LogP contribution in [0.25, 0.3) is 0 Å². The van der Waals surface area contributed by atoms with Crippen molar-refractivity contribution in [2.45, 2.75) is 57.5 Å². The van der Waals surface area contributed by atoms with Crippen LogP contribution in [0.3, 0.4) is 0 Å². The van der Waals surface area contributed by atoms with E-state index in [0.717, 1.165) is 38.8 Å². The van der Waals surface area contributed by atoms with Gasteiger partial charge in [-0.05, 0) is 50.9 Å². The van der Waals surface area contributed by atoms with E-state index in [1.54, 1.807) is 4.90 Å². The summed E-state index contributed by atoms with van der Waals surface area (Å²) in [4.78, 5) is 27.7. The second-order valence-corrected chi connectivity index (χ2v) is 7.02. The molecule has 2 saturated heterocycles. The third kappa shape index (κ3) is 2.55. The largest absolute Gasteiger partial charge is 0.342 e. The average Bonchev–Trinajstić information content (AvgIpc) is 2.47. The number of likely N-dealkylation sites (tertiary alicyclic amines) is 2. The Morgan fingerprint density at radius 1 is 1.19 bits per heavy atom. The molecule has 0 bridgehead atoms. The van der Waals surface area contributed by atoms with E-state index >= 15 is 0 Å². The number of hydrogen-bond acceptors (Lipinski definition) is 2. The van der Waals surface area contributed by atoms with Crippen molar-refractivity contribution in [2.75, 3.05) is 26.2 Å². The molecule has 3 rings (SSSR count). The number of hydrogen-bond donors (Lipinski definition) is 0. The Hall–Kier alpha value is -1.13. The Kier molecular flexibility index (Phi) is 3.70. The number of alkyl halides is 1. The van der Waals surface area contributed by atoms with E-state index in [9.17, 15) is 14.0 Å². The highest BCUT2D eigenvalue weighted by molar-refractivity contribution is 5.86. The molecule has 2 amide bonds. The molecule has 5 heteroatoms. The molecular weight excluding hydrogens is 271 g/mol. The van der Waals surface area contributed by atoms with Crippen LogP contribution in [0.15, 0.2) is 0 Å². The van der Waals surface area contributed by atoms with Gasteiger partial charge in [-0.25, -0.2) is 4.39 Å². The maximum absolute atomic E-state index is 14.2. The Morgan fingerprint density at radius 2 is 1.86 bits per heavy atom. The molecule has 1 aliphatic carbocycles. The van der Waals surface area contributed by atoms with Gasteiger partial charge < -0.3 is 9.80 Å². The Balaban J connectivity index is 1.60. The van der Waals surface area contributed by atoms with E-state index in [1.807, 2.05) is 11.8 Å². The van der Waals surface area contributed by atoms with E-state index in [-0.39, 0.29) is 17.2 Å². The number of carbonyl (C=O) groups is 2. The molecule has 0 unspecified atom stereocenters. The van der Waals surface area contributed by atoms with Gasteiger partial charge in [-0.15, -0.1) is 0 Å². The fraction of sp³-hybridized carbons (Fsp3) is 0.875. The van der Waals surface area contributed by atoms with Crippen LogP contribution in [0.2, 0.25) is 0 Å². The van der Waals surface area contributed by atoms with Gasteiger partial charge in [0.2, 0.25) is 5.91 Å². The molecule has 2 aliphatic heterocycles. The van der Waals surface area contributed by atoms with Gasteiger partial charge in [-0.1, -0.05) is 0 Å². The first-order chi connectivity index (χ1) is 9.98. The zero-order chi connectivity index (χ0) is 15.1. The number of piperidine rings is 2. The van der Waals surface area contributed by atoms with E-state index < -0.39 is 5.67 Å². The Morgan fingerprint density at radius 3 is 2.38 bits per heavy atom. The number of amides is 2. The molecule has 3 fully saturated rings. The lowest BCUT2D eigenvalue weighted by Crippen LogP contribution is -2.56. The first-order valence-electron chi connectivity index (χ1n) is 8.24. The molecule has 0 N–H and O–H groups in total. The zero-order valence-corrected chi connectivity index (χ0v) is 12.9. The van der Waals surface area contributed by atoms with E-state index in [2.05, 4.69) is 0 Å². The van der Waals surface area contributed by atoms with Crippen LogP contribution in [-0.4, -0.2) is 53.5 Å². The van der Waals surface area contributed by atoms with Crippen molar-refractivity contribution < 1.29 is 14.0 Å². The normalized spacial score (nSPS) is 27.6. The van der Waals surface area contributed by atoms with Crippen LogP contribution in [0.4, 0.5) is 4.39 Å². The molecule has 3 aliphatic rings. The summed E-state index contributed by atoms with van der Waals surface area (Å²) in [6, 6.07) is 0. The summed E-state index contributed by atoms with van der Waals surface area (Å²) in [5.41, 5.74) is -1.41. The number of nitrogens with zero attached hydrogens (tertiary/aromatic N) is 2. The average molecular weight is 296 g/mol. The van der Waals surface area contributed by atoms with Crippen molar-refractivity contribution in [3.63, 3.8) is 0 Å². The van der Waals surface area contributed by atoms with Crippen molar-refractivity contribution in [3.8, 4) is 0 Å². The molecule has 0 radical (unpaired) electrons. The highest BCUT2D eigenvalue weighted by Crippen LogP contribution is 2.42. The molecule has 0 aromatic heterocycles. The fourth-order valence-corrected chi connectivity index (χ4v) is 3.97. The lowest BCUT2D eigenvalue weighted by Gasteiger charge is -2.48. The van der Waals surface area contributed by atoms with Gasteiger partial charge in [0.25, 0.3) is 5.91 Å². The van der Waals surface area contributed by atoms with Gasteiger partial charge in [-0.2, -0.15) is 0 Å². The molecule has 1 spiro atoms. The summed E-state index contributed by atoms with van der Waals surface area (Å²) in [6.45, 7) is 4.88. The maximum atomic E-state index is 14.2. The van der Waals surface area contributed by atoms with E-state index in [0.29, 0.717) is 32.4 Å². The quantitative estimate of drug-likeness (QED) is 0.783. The molecule has 118 valence electrons. The Bertz CT molecular complexity index is 440. The lowest BCUT2D eigenvalue weighted by atomic mass is 9.71. The smallest absolute Gasteiger partial charge is 0.260 e. The lowest BCUT2D eigenvalue weighted by molar-refractivity contribution is -0.154. The SMILES string of the molecule is CCN1CC2(CCC1=O)CCN(C(=O)C1(F)CCC1)CC2. The van der Waals surface area contributed by atoms with Gasteiger partial charge >= 0.3 is 0 Å². The van der Waals surface area contributed by atoms with Gasteiger partial charge in [-0.3, -0.25) is 9.59 Å². The van der Waals surface area contributed by atoms with Gasteiger partial charge in [0.05, 0.1) is 0 Å². The topological polar surface area (TPSA) is 40.6 Å². The van der Waals surface area contributed by atoms with Crippen LogP contribution in [-0.2, 0) is 9.59 Å². The molecule has 1 saturated carbocycles. The maximum Gasteiger partial charge on any atom is 0.260 e. The molecule has 4 nitrogen and oxygen atoms in total. The molecule has 0 atom stereocenters. The monoisotopic (exact) mass is 296 g/mol. The minimum Gasteiger partial charge on any atom is -0.342 e. The predicted molar refractivity (Wildman–Crippen MR) is 77.4 cm³/mol. The summed E-state index contributed by atoms with van der Waals surface area (Å²) in [5.74, 6) is -0.0401. The predicted octanol–water partition coefficient (Wildman–Crippen LogP) is 2.13. The first-order valence-corrected chi connectivity index (χ1v) is 8.24. The number of carbonyl (C=O) groups excluding carboxylic acids is 2. The second kappa shape index (κ2) is 5.25. The molecule has 21 heavy (non-hydrogen) atoms. The molecule has 2 heterocycles.